The summed E-state index contributed by atoms with van der Waals surface area (Å²) >= 11 is 1.80. The molecule has 4 aromatic heterocycles. The fourth-order valence-corrected chi connectivity index (χ4v) is 6.51. The zero-order valence-electron chi connectivity index (χ0n) is 19.8. The summed E-state index contributed by atoms with van der Waals surface area (Å²) in [7, 11) is 0. The number of rotatable bonds is 3. The Hall–Kier alpha value is -4.67. The van der Waals surface area contributed by atoms with E-state index in [0.29, 0.717) is 0 Å². The highest BCUT2D eigenvalue weighted by molar-refractivity contribution is 7.26. The van der Waals surface area contributed by atoms with Gasteiger partial charge in [0.2, 0.25) is 5.71 Å². The van der Waals surface area contributed by atoms with Gasteiger partial charge in [-0.05, 0) is 30.3 Å². The van der Waals surface area contributed by atoms with Crippen molar-refractivity contribution in [3.63, 3.8) is 0 Å². The van der Waals surface area contributed by atoms with Crippen molar-refractivity contribution in [3.05, 3.63) is 121 Å². The quantitative estimate of drug-likeness (QED) is 0.246. The van der Waals surface area contributed by atoms with Gasteiger partial charge in [0.15, 0.2) is 5.58 Å². The Morgan fingerprint density at radius 3 is 1.92 bits per heavy atom. The number of nitrogens with zero attached hydrogens (tertiary/aromatic N) is 2. The first-order chi connectivity index (χ1) is 18.3. The normalized spacial score (nSPS) is 11.8. The van der Waals surface area contributed by atoms with Crippen molar-refractivity contribution in [2.75, 3.05) is 0 Å². The zero-order valence-corrected chi connectivity index (χ0v) is 20.6. The van der Waals surface area contributed by atoms with E-state index < -0.39 is 0 Å². The molecule has 0 aliphatic heterocycles. The second kappa shape index (κ2) is 7.92. The minimum atomic E-state index is 0.873. The van der Waals surface area contributed by atoms with Gasteiger partial charge in [0.1, 0.15) is 0 Å². The minimum Gasteiger partial charge on any atom is -0.438 e. The number of fused-ring (bicyclic) bond motifs is 7. The molecule has 4 aromatic carbocycles. The largest absolute Gasteiger partial charge is 0.438 e. The minimum absolute atomic E-state index is 0.873. The van der Waals surface area contributed by atoms with E-state index in [-0.39, 0.29) is 0 Å². The van der Waals surface area contributed by atoms with Gasteiger partial charge < -0.3 is 4.42 Å². The first-order valence-electron chi connectivity index (χ1n) is 12.3. The number of aromatic nitrogens is 2. The summed E-state index contributed by atoms with van der Waals surface area (Å²) in [6.07, 6.45) is 0. The summed E-state index contributed by atoms with van der Waals surface area (Å²) in [6, 6.07) is 42.1. The third-order valence-electron chi connectivity index (χ3n) is 7.01. The molecule has 0 amide bonds. The molecular weight excluding hydrogens is 472 g/mol. The van der Waals surface area contributed by atoms with Crippen LogP contribution in [0.25, 0.3) is 70.6 Å². The number of hydrogen-bond acceptors (Lipinski definition) is 3. The molecule has 0 saturated carbocycles. The molecule has 4 heterocycles. The topological polar surface area (TPSA) is 31.0 Å². The van der Waals surface area contributed by atoms with Crippen molar-refractivity contribution in [2.45, 2.75) is 0 Å². The number of para-hydroxylation sites is 1. The van der Waals surface area contributed by atoms with E-state index in [1.807, 2.05) is 12.1 Å². The maximum atomic E-state index is 6.72. The van der Waals surface area contributed by atoms with Gasteiger partial charge in [0.25, 0.3) is 0 Å². The van der Waals surface area contributed by atoms with Crippen molar-refractivity contribution in [3.8, 4) is 28.2 Å². The fraction of sp³-hybridized carbons (Fsp3) is 0. The SMILES string of the molecule is c1ccc(-c2cc(-n3c4ccccc4c4c5sc6ccccc6c5oc43)cc(-c3ccccc3)n2)cc1. The Bertz CT molecular complexity index is 2020. The molecule has 4 heteroatoms. The van der Waals surface area contributed by atoms with Crippen LogP contribution in [-0.4, -0.2) is 9.55 Å². The van der Waals surface area contributed by atoms with Crippen molar-refractivity contribution in [1.29, 1.82) is 0 Å². The van der Waals surface area contributed by atoms with Crippen LogP contribution in [0.15, 0.2) is 126 Å². The van der Waals surface area contributed by atoms with Crippen LogP contribution in [0.4, 0.5) is 0 Å². The third kappa shape index (κ3) is 3.09. The number of furan rings is 1. The van der Waals surface area contributed by atoms with Crippen molar-refractivity contribution in [1.82, 2.24) is 9.55 Å². The Balaban J connectivity index is 1.49. The molecule has 0 radical (unpaired) electrons. The zero-order chi connectivity index (χ0) is 24.3. The summed E-state index contributed by atoms with van der Waals surface area (Å²) in [6.45, 7) is 0. The second-order valence-electron chi connectivity index (χ2n) is 9.22. The molecule has 174 valence electrons. The molecule has 0 bridgehead atoms. The van der Waals surface area contributed by atoms with Crippen LogP contribution in [-0.2, 0) is 0 Å². The maximum absolute atomic E-state index is 6.72. The Kier molecular flexibility index (Phi) is 4.39. The molecular formula is C33H20N2OS. The molecule has 0 fully saturated rings. The van der Waals surface area contributed by atoms with Crippen molar-refractivity contribution in [2.24, 2.45) is 0 Å². The lowest BCUT2D eigenvalue weighted by molar-refractivity contribution is 0.649. The summed E-state index contributed by atoms with van der Waals surface area (Å²) in [5, 5.41) is 3.53. The molecule has 3 nitrogen and oxygen atoms in total. The van der Waals surface area contributed by atoms with Gasteiger partial charge >= 0.3 is 0 Å². The number of hydrogen-bond donors (Lipinski definition) is 0. The van der Waals surface area contributed by atoms with Crippen LogP contribution in [0.5, 0.6) is 0 Å². The van der Waals surface area contributed by atoms with Gasteiger partial charge in [0, 0.05) is 26.6 Å². The van der Waals surface area contributed by atoms with Gasteiger partial charge in [0.05, 0.1) is 32.7 Å². The predicted octanol–water partition coefficient (Wildman–Crippen LogP) is 9.47. The lowest BCUT2D eigenvalue weighted by Gasteiger charge is -2.12. The summed E-state index contributed by atoms with van der Waals surface area (Å²) in [4.78, 5) is 5.08. The molecule has 0 unspecified atom stereocenters. The smallest absolute Gasteiger partial charge is 0.214 e. The van der Waals surface area contributed by atoms with Crippen LogP contribution in [0.2, 0.25) is 0 Å². The molecule has 0 N–H and O–H groups in total. The predicted molar refractivity (Wildman–Crippen MR) is 155 cm³/mol. The third-order valence-corrected chi connectivity index (χ3v) is 8.18. The van der Waals surface area contributed by atoms with Gasteiger partial charge in [-0.1, -0.05) is 91.0 Å². The first-order valence-corrected chi connectivity index (χ1v) is 13.1. The molecule has 0 saturated heterocycles. The first kappa shape index (κ1) is 20.5. The van der Waals surface area contributed by atoms with Crippen LogP contribution >= 0.6 is 11.3 Å². The molecule has 0 atom stereocenters. The van der Waals surface area contributed by atoms with Crippen LogP contribution < -0.4 is 0 Å². The number of thiophene rings is 1. The summed E-state index contributed by atoms with van der Waals surface area (Å²) in [5.74, 6) is 0. The van der Waals surface area contributed by atoms with Crippen LogP contribution in [0, 0.1) is 0 Å². The highest BCUT2D eigenvalue weighted by atomic mass is 32.1. The highest BCUT2D eigenvalue weighted by Gasteiger charge is 2.23. The van der Waals surface area contributed by atoms with Crippen molar-refractivity contribution < 1.29 is 4.42 Å². The van der Waals surface area contributed by atoms with Gasteiger partial charge in [-0.2, -0.15) is 0 Å². The van der Waals surface area contributed by atoms with Crippen LogP contribution in [0.1, 0.15) is 0 Å². The average Bonchev–Trinajstić information content (AvgIpc) is 3.61. The van der Waals surface area contributed by atoms with E-state index >= 15 is 0 Å². The molecule has 0 spiro atoms. The molecule has 8 aromatic rings. The lowest BCUT2D eigenvalue weighted by Crippen LogP contribution is -1.98. The van der Waals surface area contributed by atoms with Gasteiger partial charge in [-0.15, -0.1) is 11.3 Å². The fourth-order valence-electron chi connectivity index (χ4n) is 5.33. The van der Waals surface area contributed by atoms with Crippen molar-refractivity contribution >= 4 is 53.7 Å². The summed E-state index contributed by atoms with van der Waals surface area (Å²) in [5.41, 5.74) is 8.03. The molecule has 0 aliphatic carbocycles. The molecule has 37 heavy (non-hydrogen) atoms. The van der Waals surface area contributed by atoms with E-state index in [0.717, 1.165) is 45.0 Å². The lowest BCUT2D eigenvalue weighted by atomic mass is 10.1. The van der Waals surface area contributed by atoms with Gasteiger partial charge in [-0.25, -0.2) is 4.98 Å². The average molecular weight is 493 g/mol. The monoisotopic (exact) mass is 492 g/mol. The Morgan fingerprint density at radius 2 is 1.22 bits per heavy atom. The Morgan fingerprint density at radius 1 is 0.622 bits per heavy atom. The summed E-state index contributed by atoms with van der Waals surface area (Å²) < 4.78 is 11.4. The Labute approximate surface area is 216 Å². The van der Waals surface area contributed by atoms with E-state index in [1.54, 1.807) is 11.3 Å². The van der Waals surface area contributed by atoms with E-state index in [4.69, 9.17) is 9.40 Å². The van der Waals surface area contributed by atoms with E-state index in [2.05, 4.69) is 114 Å². The van der Waals surface area contributed by atoms with Gasteiger partial charge in [-0.3, -0.25) is 4.57 Å². The highest BCUT2D eigenvalue weighted by Crippen LogP contribution is 2.45. The maximum Gasteiger partial charge on any atom is 0.214 e. The van der Waals surface area contributed by atoms with E-state index in [1.165, 1.54) is 25.6 Å². The number of pyridine rings is 1. The van der Waals surface area contributed by atoms with Crippen LogP contribution in [0.3, 0.4) is 0 Å². The second-order valence-corrected chi connectivity index (χ2v) is 10.3. The molecule has 8 rings (SSSR count). The van der Waals surface area contributed by atoms with E-state index in [9.17, 15) is 0 Å². The number of benzene rings is 4. The standard InChI is InChI=1S/C33H20N2OS/c1-3-11-21(12-4-1)26-19-23(20-27(34-26)22-13-5-2-6-14-22)35-28-17-9-7-15-24(28)30-32-31(36-33(30)35)25-16-8-10-18-29(25)37-32/h1-20H. The molecule has 0 aliphatic rings.